The molecule has 5 nitrogen and oxygen atoms in total. The van der Waals surface area contributed by atoms with E-state index in [0.717, 1.165) is 11.3 Å². The van der Waals surface area contributed by atoms with Gasteiger partial charge in [0.2, 0.25) is 0 Å². The van der Waals surface area contributed by atoms with E-state index in [2.05, 4.69) is 85.8 Å². The van der Waals surface area contributed by atoms with Crippen LogP contribution in [0.5, 0.6) is 17.2 Å². The third kappa shape index (κ3) is 4.92. The van der Waals surface area contributed by atoms with Crippen LogP contribution in [0.3, 0.4) is 0 Å². The number of methoxy groups -OCH3 is 3. The Bertz CT molecular complexity index is 1350. The van der Waals surface area contributed by atoms with Crippen molar-refractivity contribution in [3.05, 3.63) is 109 Å². The molecule has 1 aliphatic rings. The van der Waals surface area contributed by atoms with Crippen molar-refractivity contribution in [2.75, 3.05) is 21.3 Å². The minimum atomic E-state index is -0.623. The average molecular weight is 511 g/mol. The van der Waals surface area contributed by atoms with E-state index in [9.17, 15) is 0 Å². The van der Waals surface area contributed by atoms with E-state index in [1.807, 2.05) is 29.1 Å². The number of hydrogen-bond donors (Lipinski definition) is 0. The van der Waals surface area contributed by atoms with Crippen LogP contribution in [0.15, 0.2) is 109 Å². The highest BCUT2D eigenvalue weighted by Crippen LogP contribution is 2.48. The van der Waals surface area contributed by atoms with Gasteiger partial charge in [0.15, 0.2) is 0 Å². The van der Waals surface area contributed by atoms with Gasteiger partial charge >= 0.3 is 0 Å². The molecule has 2 atom stereocenters. The molecule has 6 heteroatoms. The predicted octanol–water partition coefficient (Wildman–Crippen LogP) is 6.13. The number of aromatic nitrogens is 2. The van der Waals surface area contributed by atoms with Crippen LogP contribution < -0.4 is 24.8 Å². The second kappa shape index (κ2) is 11.1. The van der Waals surface area contributed by atoms with Gasteiger partial charge in [-0.05, 0) is 37.1 Å². The molecule has 1 unspecified atom stereocenters. The van der Waals surface area contributed by atoms with Crippen molar-refractivity contribution in [2.24, 2.45) is 0 Å². The van der Waals surface area contributed by atoms with Crippen molar-refractivity contribution in [3.8, 4) is 28.5 Å². The summed E-state index contributed by atoms with van der Waals surface area (Å²) in [5.74, 6) is 1.99. The Labute approximate surface area is 219 Å². The maximum atomic E-state index is 5.67. The first-order chi connectivity index (χ1) is 18.1. The van der Waals surface area contributed by atoms with Gasteiger partial charge in [-0.2, -0.15) is 5.10 Å². The maximum Gasteiger partial charge on any atom is 0.135 e. The van der Waals surface area contributed by atoms with E-state index in [1.54, 1.807) is 21.3 Å². The summed E-state index contributed by atoms with van der Waals surface area (Å²) in [5.41, 5.74) is 3.23. The van der Waals surface area contributed by atoms with Gasteiger partial charge in [0.1, 0.15) is 17.2 Å². The Morgan fingerprint density at radius 1 is 0.811 bits per heavy atom. The highest BCUT2D eigenvalue weighted by Gasteiger charge is 2.31. The summed E-state index contributed by atoms with van der Waals surface area (Å²) in [6.07, 6.45) is 8.83. The quantitative estimate of drug-likeness (QED) is 0.254. The van der Waals surface area contributed by atoms with Gasteiger partial charge in [-0.25, -0.2) is 0 Å². The van der Waals surface area contributed by atoms with Crippen LogP contribution in [0.4, 0.5) is 0 Å². The van der Waals surface area contributed by atoms with Crippen molar-refractivity contribution in [2.45, 2.75) is 18.6 Å². The van der Waals surface area contributed by atoms with Crippen LogP contribution in [0, 0.1) is 0 Å². The molecule has 1 aromatic heterocycles. The van der Waals surface area contributed by atoms with Gasteiger partial charge in [0, 0.05) is 24.0 Å². The van der Waals surface area contributed by atoms with Gasteiger partial charge in [-0.3, -0.25) is 4.68 Å². The summed E-state index contributed by atoms with van der Waals surface area (Å²) in [6, 6.07) is 27.5. The van der Waals surface area contributed by atoms with Crippen LogP contribution in [0.2, 0.25) is 0 Å². The van der Waals surface area contributed by atoms with Crippen LogP contribution in [0.25, 0.3) is 11.3 Å². The molecule has 0 bridgehead atoms. The third-order valence-corrected chi connectivity index (χ3v) is 9.46. The number of rotatable bonds is 9. The molecule has 0 fully saturated rings. The van der Waals surface area contributed by atoms with Crippen molar-refractivity contribution in [1.82, 2.24) is 9.78 Å². The highest BCUT2D eigenvalue weighted by atomic mass is 31.1. The molecular weight excluding hydrogens is 479 g/mol. The minimum absolute atomic E-state index is 0.0708. The molecule has 0 spiro atoms. The minimum Gasteiger partial charge on any atom is -0.496 e. The maximum absolute atomic E-state index is 5.67. The fourth-order valence-electron chi connectivity index (χ4n) is 4.85. The topological polar surface area (TPSA) is 45.5 Å². The average Bonchev–Trinajstić information content (AvgIpc) is 3.64. The largest absolute Gasteiger partial charge is 0.496 e. The monoisotopic (exact) mass is 510 g/mol. The standard InChI is InChI=1S/C31H31N2O3P/c1-22(33-19-18-27(32-33)31-28(35-3)20-23(34-2)21-29(31)36-4)26-16-11-17-30(26)37(24-12-7-5-8-13-24)25-14-9-6-10-15-25/h5-22,30H,1-4H3/t22-,30?/m1/s1. The van der Waals surface area contributed by atoms with E-state index < -0.39 is 7.92 Å². The van der Waals surface area contributed by atoms with E-state index >= 15 is 0 Å². The zero-order valence-electron chi connectivity index (χ0n) is 21.5. The second-order valence-corrected chi connectivity index (χ2v) is 11.1. The van der Waals surface area contributed by atoms with E-state index in [-0.39, 0.29) is 11.7 Å². The van der Waals surface area contributed by atoms with Gasteiger partial charge in [-0.15, -0.1) is 0 Å². The highest BCUT2D eigenvalue weighted by molar-refractivity contribution is 7.74. The molecule has 3 aromatic carbocycles. The van der Waals surface area contributed by atoms with E-state index in [1.165, 1.54) is 16.2 Å². The Kier molecular flexibility index (Phi) is 7.43. The lowest BCUT2D eigenvalue weighted by molar-refractivity contribution is 0.377. The van der Waals surface area contributed by atoms with Crippen LogP contribution >= 0.6 is 7.92 Å². The zero-order chi connectivity index (χ0) is 25.8. The number of hydrogen-bond acceptors (Lipinski definition) is 4. The lowest BCUT2D eigenvalue weighted by Crippen LogP contribution is -2.24. The zero-order valence-corrected chi connectivity index (χ0v) is 22.4. The van der Waals surface area contributed by atoms with Gasteiger partial charge in [0.05, 0.1) is 38.6 Å². The molecule has 37 heavy (non-hydrogen) atoms. The number of nitrogens with zero attached hydrogens (tertiary/aromatic N) is 2. The SMILES string of the molecule is COc1cc(OC)c(-c2ccn([C@H](C)C3=CC=CC3P(c3ccccc3)c3ccccc3)n2)c(OC)c1. The van der Waals surface area contributed by atoms with Gasteiger partial charge in [-0.1, -0.05) is 78.9 Å². The van der Waals surface area contributed by atoms with Crippen molar-refractivity contribution in [1.29, 1.82) is 0 Å². The second-order valence-electron chi connectivity index (χ2n) is 8.80. The number of ether oxygens (including phenoxy) is 3. The predicted molar refractivity (Wildman–Crippen MR) is 152 cm³/mol. The smallest absolute Gasteiger partial charge is 0.135 e. The summed E-state index contributed by atoms with van der Waals surface area (Å²) in [6.45, 7) is 2.22. The third-order valence-electron chi connectivity index (χ3n) is 6.73. The molecule has 0 amide bonds. The number of allylic oxidation sites excluding steroid dienone is 4. The molecule has 4 aromatic rings. The molecule has 5 rings (SSSR count). The Morgan fingerprint density at radius 3 is 1.95 bits per heavy atom. The molecule has 1 heterocycles. The van der Waals surface area contributed by atoms with E-state index in [0.29, 0.717) is 17.2 Å². The normalized spacial score (nSPS) is 15.5. The molecule has 188 valence electrons. The summed E-state index contributed by atoms with van der Waals surface area (Å²) in [4.78, 5) is 0. The fourth-order valence-corrected chi connectivity index (χ4v) is 7.65. The molecular formula is C31H31N2O3P. The first kappa shape index (κ1) is 24.9. The van der Waals surface area contributed by atoms with Gasteiger partial charge < -0.3 is 14.2 Å². The lowest BCUT2D eigenvalue weighted by Gasteiger charge is -2.29. The molecule has 0 radical (unpaired) electrons. The summed E-state index contributed by atoms with van der Waals surface area (Å²) in [5, 5.41) is 7.73. The van der Waals surface area contributed by atoms with Crippen molar-refractivity contribution < 1.29 is 14.2 Å². The summed E-state index contributed by atoms with van der Waals surface area (Å²) < 4.78 is 18.8. The lowest BCUT2D eigenvalue weighted by atomic mass is 10.1. The van der Waals surface area contributed by atoms with E-state index in [4.69, 9.17) is 19.3 Å². The van der Waals surface area contributed by atoms with Crippen LogP contribution in [-0.2, 0) is 0 Å². The summed E-state index contributed by atoms with van der Waals surface area (Å²) >= 11 is 0. The van der Waals surface area contributed by atoms with Crippen LogP contribution in [0.1, 0.15) is 13.0 Å². The first-order valence-electron chi connectivity index (χ1n) is 12.3. The molecule has 1 aliphatic carbocycles. The Hall–Kier alpha value is -3.82. The molecule has 0 saturated heterocycles. The Morgan fingerprint density at radius 2 is 1.41 bits per heavy atom. The summed E-state index contributed by atoms with van der Waals surface area (Å²) in [7, 11) is 4.30. The van der Waals surface area contributed by atoms with Gasteiger partial charge in [0.25, 0.3) is 0 Å². The number of benzene rings is 3. The van der Waals surface area contributed by atoms with Crippen molar-refractivity contribution >= 4 is 18.5 Å². The first-order valence-corrected chi connectivity index (χ1v) is 13.7. The molecule has 0 N–H and O–H groups in total. The van der Waals surface area contributed by atoms with Crippen LogP contribution in [-0.4, -0.2) is 36.8 Å². The Balaban J connectivity index is 1.49. The molecule has 0 saturated carbocycles. The van der Waals surface area contributed by atoms with Crippen molar-refractivity contribution in [3.63, 3.8) is 0 Å². The fraction of sp³-hybridized carbons (Fsp3) is 0.194. The molecule has 0 aliphatic heterocycles.